The van der Waals surface area contributed by atoms with E-state index in [0.717, 1.165) is 20.8 Å². The van der Waals surface area contributed by atoms with Crippen LogP contribution >= 0.6 is 12.0 Å². The minimum Gasteiger partial charge on any atom is 0 e. The summed E-state index contributed by atoms with van der Waals surface area (Å²) in [4.78, 5) is 0. The van der Waals surface area contributed by atoms with E-state index in [2.05, 4.69) is 0 Å². The minimum atomic E-state index is -3.56. The molecule has 0 saturated carbocycles. The van der Waals surface area contributed by atoms with Crippen LogP contribution in [0.3, 0.4) is 0 Å². The third-order valence-corrected chi connectivity index (χ3v) is 10.0. The summed E-state index contributed by atoms with van der Waals surface area (Å²) in [6.45, 7) is -7.72. The normalized spacial score (nSPS) is 64.3. The summed E-state index contributed by atoms with van der Waals surface area (Å²) in [5.74, 6) is 0. The zero-order valence-corrected chi connectivity index (χ0v) is 34.1. The number of hydrogen-bond acceptors (Lipinski definition) is 12. The van der Waals surface area contributed by atoms with E-state index in [9.17, 15) is 25.5 Å². The third-order valence-electron chi connectivity index (χ3n) is 5.11. The summed E-state index contributed by atoms with van der Waals surface area (Å²) in [5.41, 5.74) is -8.31. The van der Waals surface area contributed by atoms with Gasteiger partial charge in [-0.05, 0) is 0 Å². The van der Waals surface area contributed by atoms with E-state index in [1.807, 2.05) is 0 Å². The number of hydrogen-bond donors (Lipinski definition) is 5. The van der Waals surface area contributed by atoms with Gasteiger partial charge in [-0.2, -0.15) is 0 Å². The molecule has 3 rings (SSSR count). The molecule has 12 nitrogen and oxygen atoms in total. The van der Waals surface area contributed by atoms with Gasteiger partial charge < -0.3 is 0 Å². The molecule has 8 radical (unpaired) electrons. The molecular formula is C18H31B3O12P2W2Y2. The molecule has 0 bridgehead atoms. The summed E-state index contributed by atoms with van der Waals surface area (Å²) < 4.78 is 135. The zero-order chi connectivity index (χ0) is 38.8. The van der Waals surface area contributed by atoms with Gasteiger partial charge in [-0.15, -0.1) is 0 Å². The summed E-state index contributed by atoms with van der Waals surface area (Å²) in [5, 5.41) is 52.8. The van der Waals surface area contributed by atoms with Crippen LogP contribution in [-0.2, 0) is 135 Å². The van der Waals surface area contributed by atoms with E-state index in [1.165, 1.54) is 0 Å². The van der Waals surface area contributed by atoms with Gasteiger partial charge in [0.15, 0.2) is 0 Å². The van der Waals surface area contributed by atoms with E-state index in [1.54, 1.807) is 0 Å². The molecule has 14 atom stereocenters. The first-order valence-corrected chi connectivity index (χ1v) is 21.3. The van der Waals surface area contributed by atoms with Crippen molar-refractivity contribution in [3.05, 3.63) is 0 Å². The quantitative estimate of drug-likeness (QED) is 0.106. The van der Waals surface area contributed by atoms with Gasteiger partial charge in [-0.3, -0.25) is 0 Å². The molecule has 0 aromatic rings. The number of aliphatic hydroxyl groups is 5. The minimum absolute atomic E-state index is 0. The molecule has 5 unspecified atom stereocenters. The average Bonchev–Trinajstić information content (AvgIpc) is 3.17. The van der Waals surface area contributed by atoms with E-state index < -0.39 is 103 Å². The predicted molar refractivity (Wildman–Crippen MR) is 126 cm³/mol. The van der Waals surface area contributed by atoms with Crippen LogP contribution in [0.4, 0.5) is 0 Å². The van der Waals surface area contributed by atoms with Crippen molar-refractivity contribution in [2.75, 3.05) is 19.7 Å². The standard InChI is InChI=1S/C18H31B3O12P2.2W.2Y/c1-16(5-22)12(25)9(14(19)30-16)33-35-28-6-17(2)13(26)10(15(20)31-17)32-34-27-4-7-8(23)11(24)18(3,21)29-7;;;;/h7-15,22-26,34-35H,4-6H2,1-3H3;;;;/t7-,8?,9+,10+,11+,12?,13?,14-,15-,16-,17-,18-;;;;/m1..../s1/i4D2,5D2,6D2,8D,9D,10D,11D,12D,13D;;;;. The molecule has 0 spiro atoms. The van der Waals surface area contributed by atoms with Crippen LogP contribution in [0.25, 0.3) is 0 Å². The van der Waals surface area contributed by atoms with E-state index in [4.69, 9.17) is 72.3 Å². The van der Waals surface area contributed by atoms with Crippen LogP contribution in [0.15, 0.2) is 0 Å². The van der Waals surface area contributed by atoms with Crippen molar-refractivity contribution < 1.29 is 177 Å². The fourth-order valence-corrected chi connectivity index (χ4v) is 7.36. The topological polar surface area (TPSA) is 166 Å². The largest absolute Gasteiger partial charge is 0 e. The Labute approximate surface area is 321 Å². The maximum Gasteiger partial charge on any atom is 0 e. The van der Waals surface area contributed by atoms with Crippen molar-refractivity contribution in [3.8, 4) is 0 Å². The number of rotatable bonds is 11. The van der Waals surface area contributed by atoms with E-state index in [0.29, 0.717) is 0 Å². The van der Waals surface area contributed by atoms with Crippen molar-refractivity contribution in [1.82, 2.24) is 0 Å². The molecule has 0 aliphatic carbocycles. The summed E-state index contributed by atoms with van der Waals surface area (Å²) in [6.07, 6.45) is -22.4. The van der Waals surface area contributed by atoms with Crippen LogP contribution in [0.1, 0.15) is 37.2 Å². The van der Waals surface area contributed by atoms with Gasteiger partial charge in [-0.1, -0.05) is 0 Å². The molecule has 39 heavy (non-hydrogen) atoms. The second-order valence-electron chi connectivity index (χ2n) is 8.15. The second kappa shape index (κ2) is 16.8. The van der Waals surface area contributed by atoms with Crippen LogP contribution in [-0.4, -0.2) is 140 Å². The fraction of sp³-hybridized carbons (Fsp3) is 1.00. The molecule has 3 aliphatic heterocycles. The van der Waals surface area contributed by atoms with Gasteiger partial charge in [0.25, 0.3) is 0 Å². The molecule has 212 valence electrons. The molecule has 0 amide bonds. The van der Waals surface area contributed by atoms with Crippen LogP contribution in [0.2, 0.25) is 0 Å². The Morgan fingerprint density at radius 2 is 1.33 bits per heavy atom. The molecule has 5 N–H and O–H groups in total. The Morgan fingerprint density at radius 3 is 1.77 bits per heavy atom. The van der Waals surface area contributed by atoms with E-state index in [-0.39, 0.29) is 103 Å². The molecule has 3 fully saturated rings. The molecule has 0 aromatic carbocycles. The van der Waals surface area contributed by atoms with Gasteiger partial charge in [-0.25, -0.2) is 0 Å². The maximum atomic E-state index is 11.3. The third kappa shape index (κ3) is 9.83. The maximum absolute atomic E-state index is 11.3. The zero-order valence-electron chi connectivity index (χ0n) is 32.5. The predicted octanol–water partition coefficient (Wildman–Crippen LogP) is -2.92. The van der Waals surface area contributed by atoms with Crippen molar-refractivity contribution in [1.29, 1.82) is 0 Å². The Hall–Kier alpha value is 4.16. The Bertz CT molecular complexity index is 1400. The Kier molecular flexibility index (Phi) is 10.9. The van der Waals surface area contributed by atoms with Crippen LogP contribution in [0.5, 0.6) is 0 Å². The van der Waals surface area contributed by atoms with Crippen LogP contribution < -0.4 is 0 Å². The van der Waals surface area contributed by atoms with Gasteiger partial charge in [0.1, 0.15) is 0 Å². The summed E-state index contributed by atoms with van der Waals surface area (Å²) in [6, 6.07) is -10.8. The van der Waals surface area contributed by atoms with Crippen molar-refractivity contribution >= 4 is 35.6 Å². The fourth-order valence-electron chi connectivity index (χ4n) is 3.11. The first-order valence-electron chi connectivity index (χ1n) is 16.1. The van der Waals surface area contributed by atoms with Crippen molar-refractivity contribution in [2.45, 2.75) is 92.1 Å². The summed E-state index contributed by atoms with van der Waals surface area (Å²) in [7, 11) is 17.3. The molecule has 3 aliphatic rings. The van der Waals surface area contributed by atoms with E-state index >= 15 is 0 Å². The molecule has 21 heteroatoms. The molecule has 3 heterocycles. The van der Waals surface area contributed by atoms with Crippen LogP contribution in [0, 0.1) is 0 Å². The smallest absolute Gasteiger partial charge is 0 e. The average molecular weight is 1090 g/mol. The van der Waals surface area contributed by atoms with Gasteiger partial charge in [0, 0.05) is 65.4 Å². The monoisotopic (exact) mass is 1090 g/mol. The Morgan fingerprint density at radius 1 is 0.872 bits per heavy atom. The number of ether oxygens (including phenoxy) is 3. The van der Waals surface area contributed by atoms with Crippen molar-refractivity contribution in [3.63, 3.8) is 0 Å². The molecule has 0 aromatic heterocycles. The van der Waals surface area contributed by atoms with Gasteiger partial charge in [0.2, 0.25) is 0 Å². The second-order valence-corrected chi connectivity index (χ2v) is 17.1. The molecule has 3 saturated heterocycles. The van der Waals surface area contributed by atoms with Gasteiger partial charge >= 0.3 is 259 Å². The SMILES string of the molecule is [2H]C([2H])(O[PH](=[W])O[C@]1([2H])[C@H]([B])O[C@](C)(C([2H])([2H])O[PH](=[W])O[C@]2([2H])[C@H]([B])O[C@](C)(C([2H])([2H])O)C2([2H])O)C1([2H])O)[C@H]1O[C@]([B])(C)[C@@]([2H])(O)C1([2H])O.[Y].[Y]. The molecular weight excluding hydrogens is 1050 g/mol. The van der Waals surface area contributed by atoms with Crippen molar-refractivity contribution in [2.24, 2.45) is 0 Å². The van der Waals surface area contributed by atoms with Gasteiger partial charge in [0.05, 0.1) is 0 Å². The summed E-state index contributed by atoms with van der Waals surface area (Å²) >= 11 is 0.422. The Balaban J connectivity index is 0.00000650. The first-order chi connectivity index (χ1) is 21.3. The first kappa shape index (κ1) is 25.2.